The lowest BCUT2D eigenvalue weighted by Gasteiger charge is -2.28. The van der Waals surface area contributed by atoms with Crippen LogP contribution in [0.5, 0.6) is 0 Å². The number of aromatic amines is 1. The molecule has 0 saturated carbocycles. The Morgan fingerprint density at radius 3 is 2.83 bits per heavy atom. The van der Waals surface area contributed by atoms with Gasteiger partial charge in [-0.15, -0.1) is 0 Å². The summed E-state index contributed by atoms with van der Waals surface area (Å²) in [4.78, 5) is 16.3. The van der Waals surface area contributed by atoms with Gasteiger partial charge in [-0.2, -0.15) is 0 Å². The van der Waals surface area contributed by atoms with Gasteiger partial charge < -0.3 is 4.98 Å². The lowest BCUT2D eigenvalue weighted by molar-refractivity contribution is 0.245. The van der Waals surface area contributed by atoms with E-state index in [-0.39, 0.29) is 5.56 Å². The number of fused-ring (bicyclic) bond motifs is 1. The average Bonchev–Trinajstić information content (AvgIpc) is 2.39. The van der Waals surface area contributed by atoms with Crippen LogP contribution in [0.2, 0.25) is 0 Å². The minimum Gasteiger partial charge on any atom is -0.329 e. The van der Waals surface area contributed by atoms with E-state index in [1.54, 1.807) is 12.3 Å². The van der Waals surface area contributed by atoms with Crippen LogP contribution in [-0.4, -0.2) is 16.4 Å². The summed E-state index contributed by atoms with van der Waals surface area (Å²) in [5, 5.41) is 0. The van der Waals surface area contributed by atoms with Gasteiger partial charge in [0.1, 0.15) is 0 Å². The molecule has 3 rings (SSSR count). The zero-order valence-electron chi connectivity index (χ0n) is 10.2. The maximum absolute atomic E-state index is 11.3. The molecule has 0 fully saturated rings. The van der Waals surface area contributed by atoms with Crippen LogP contribution >= 0.6 is 0 Å². The lowest BCUT2D eigenvalue weighted by atomic mass is 9.99. The van der Waals surface area contributed by atoms with Crippen molar-refractivity contribution in [1.82, 2.24) is 9.88 Å². The molecule has 0 unspecified atom stereocenters. The van der Waals surface area contributed by atoms with Gasteiger partial charge in [-0.25, -0.2) is 0 Å². The summed E-state index contributed by atoms with van der Waals surface area (Å²) in [7, 11) is 0. The monoisotopic (exact) mass is 240 g/mol. The van der Waals surface area contributed by atoms with Gasteiger partial charge in [-0.3, -0.25) is 9.69 Å². The summed E-state index contributed by atoms with van der Waals surface area (Å²) < 4.78 is 0. The Morgan fingerprint density at radius 1 is 1.17 bits per heavy atom. The molecule has 0 spiro atoms. The second kappa shape index (κ2) is 4.78. The van der Waals surface area contributed by atoms with Crippen molar-refractivity contribution in [3.8, 4) is 0 Å². The largest absolute Gasteiger partial charge is 0.329 e. The fourth-order valence-corrected chi connectivity index (χ4v) is 2.53. The third-order valence-electron chi connectivity index (χ3n) is 3.46. The Morgan fingerprint density at radius 2 is 2.00 bits per heavy atom. The molecule has 0 saturated heterocycles. The molecule has 1 aliphatic heterocycles. The van der Waals surface area contributed by atoms with E-state index in [1.165, 1.54) is 11.1 Å². The fraction of sp³-hybridized carbons (Fsp3) is 0.267. The predicted octanol–water partition coefficient (Wildman–Crippen LogP) is 1.93. The third-order valence-corrected chi connectivity index (χ3v) is 3.46. The van der Waals surface area contributed by atoms with E-state index in [1.807, 2.05) is 6.07 Å². The molecule has 1 aromatic heterocycles. The van der Waals surface area contributed by atoms with Crippen molar-refractivity contribution in [3.05, 3.63) is 69.6 Å². The second-order valence-electron chi connectivity index (χ2n) is 4.79. The molecule has 1 aromatic carbocycles. The van der Waals surface area contributed by atoms with Crippen molar-refractivity contribution >= 4 is 0 Å². The Labute approximate surface area is 106 Å². The van der Waals surface area contributed by atoms with Crippen molar-refractivity contribution < 1.29 is 0 Å². The summed E-state index contributed by atoms with van der Waals surface area (Å²) in [5.74, 6) is 0. The molecule has 92 valence electrons. The molecule has 0 aliphatic carbocycles. The van der Waals surface area contributed by atoms with Gasteiger partial charge in [0.2, 0.25) is 5.56 Å². The number of H-pyrrole nitrogens is 1. The van der Waals surface area contributed by atoms with Gasteiger partial charge in [0.05, 0.1) is 0 Å². The molecule has 0 atom stereocenters. The predicted molar refractivity (Wildman–Crippen MR) is 71.3 cm³/mol. The number of hydrogen-bond donors (Lipinski definition) is 1. The number of benzene rings is 1. The number of nitrogens with zero attached hydrogens (tertiary/aromatic N) is 1. The van der Waals surface area contributed by atoms with Crippen LogP contribution in [-0.2, 0) is 19.5 Å². The van der Waals surface area contributed by atoms with Crippen LogP contribution in [0.4, 0.5) is 0 Å². The first-order valence-electron chi connectivity index (χ1n) is 6.28. The highest BCUT2D eigenvalue weighted by Gasteiger charge is 2.15. The van der Waals surface area contributed by atoms with E-state index >= 15 is 0 Å². The minimum absolute atomic E-state index is 0.0232. The van der Waals surface area contributed by atoms with Gasteiger partial charge >= 0.3 is 0 Å². The number of aromatic nitrogens is 1. The van der Waals surface area contributed by atoms with E-state index in [4.69, 9.17) is 0 Å². The van der Waals surface area contributed by atoms with Crippen LogP contribution in [0.1, 0.15) is 16.7 Å². The normalized spacial score (nSPS) is 15.3. The molecule has 2 aromatic rings. The number of hydrogen-bond acceptors (Lipinski definition) is 2. The van der Waals surface area contributed by atoms with Crippen molar-refractivity contribution in [1.29, 1.82) is 0 Å². The topological polar surface area (TPSA) is 36.1 Å². The van der Waals surface area contributed by atoms with Gasteiger partial charge in [0.15, 0.2) is 0 Å². The van der Waals surface area contributed by atoms with E-state index in [0.717, 1.165) is 31.6 Å². The maximum atomic E-state index is 11.3. The second-order valence-corrected chi connectivity index (χ2v) is 4.79. The van der Waals surface area contributed by atoms with E-state index in [9.17, 15) is 4.79 Å². The Balaban J connectivity index is 1.75. The highest BCUT2D eigenvalue weighted by atomic mass is 16.1. The standard InChI is InChI=1S/C15H16N2O/c18-15-9-12(5-7-16-15)10-17-8-6-13-3-1-2-4-14(13)11-17/h1-5,7,9H,6,8,10-11H2,(H,16,18). The number of nitrogens with one attached hydrogen (secondary N) is 1. The molecule has 0 amide bonds. The van der Waals surface area contributed by atoms with Gasteiger partial charge in [0, 0.05) is 31.9 Å². The van der Waals surface area contributed by atoms with Gasteiger partial charge in [-0.1, -0.05) is 24.3 Å². The summed E-state index contributed by atoms with van der Waals surface area (Å²) in [5.41, 5.74) is 3.93. The zero-order chi connectivity index (χ0) is 12.4. The molecule has 0 radical (unpaired) electrons. The molecular formula is C15H16N2O. The van der Waals surface area contributed by atoms with E-state index < -0.39 is 0 Å². The van der Waals surface area contributed by atoms with Crippen molar-refractivity contribution in [2.45, 2.75) is 19.5 Å². The summed E-state index contributed by atoms with van der Waals surface area (Å²) in [6.07, 6.45) is 2.81. The van der Waals surface area contributed by atoms with Crippen LogP contribution in [0.15, 0.2) is 47.4 Å². The molecule has 1 aliphatic rings. The highest BCUT2D eigenvalue weighted by molar-refractivity contribution is 5.29. The Kier molecular flexibility index (Phi) is 2.99. The third kappa shape index (κ3) is 2.36. The zero-order valence-corrected chi connectivity index (χ0v) is 10.2. The van der Waals surface area contributed by atoms with Crippen LogP contribution in [0.3, 0.4) is 0 Å². The van der Waals surface area contributed by atoms with Crippen LogP contribution in [0.25, 0.3) is 0 Å². The molecule has 3 heteroatoms. The maximum Gasteiger partial charge on any atom is 0.248 e. The van der Waals surface area contributed by atoms with Crippen LogP contribution < -0.4 is 5.56 Å². The molecule has 0 bridgehead atoms. The molecule has 18 heavy (non-hydrogen) atoms. The fourth-order valence-electron chi connectivity index (χ4n) is 2.53. The average molecular weight is 240 g/mol. The summed E-state index contributed by atoms with van der Waals surface area (Å²) in [6, 6.07) is 12.3. The first kappa shape index (κ1) is 11.2. The number of rotatable bonds is 2. The first-order chi connectivity index (χ1) is 8.81. The highest BCUT2D eigenvalue weighted by Crippen LogP contribution is 2.19. The molecule has 3 nitrogen and oxygen atoms in total. The first-order valence-corrected chi connectivity index (χ1v) is 6.28. The van der Waals surface area contributed by atoms with Crippen molar-refractivity contribution in [2.75, 3.05) is 6.54 Å². The Bertz CT molecular complexity index is 603. The van der Waals surface area contributed by atoms with Crippen molar-refractivity contribution in [3.63, 3.8) is 0 Å². The van der Waals surface area contributed by atoms with E-state index in [2.05, 4.69) is 34.1 Å². The van der Waals surface area contributed by atoms with Gasteiger partial charge in [0.25, 0.3) is 0 Å². The summed E-state index contributed by atoms with van der Waals surface area (Å²) in [6.45, 7) is 2.88. The quantitative estimate of drug-likeness (QED) is 0.870. The molecular weight excluding hydrogens is 224 g/mol. The minimum atomic E-state index is -0.0232. The Hall–Kier alpha value is -1.87. The smallest absolute Gasteiger partial charge is 0.248 e. The molecule has 1 N–H and O–H groups in total. The number of pyridine rings is 1. The van der Waals surface area contributed by atoms with Crippen molar-refractivity contribution in [2.24, 2.45) is 0 Å². The summed E-state index contributed by atoms with van der Waals surface area (Å²) >= 11 is 0. The van der Waals surface area contributed by atoms with Crippen LogP contribution in [0, 0.1) is 0 Å². The lowest BCUT2D eigenvalue weighted by Crippen LogP contribution is -2.30. The van der Waals surface area contributed by atoms with Gasteiger partial charge in [-0.05, 0) is 29.2 Å². The molecule has 2 heterocycles. The SMILES string of the molecule is O=c1cc(CN2CCc3ccccc3C2)cc[nH]1. The van der Waals surface area contributed by atoms with E-state index in [0.29, 0.717) is 0 Å².